The molecule has 5 N–H and O–H groups in total. The number of nitrogen functional groups attached to an aromatic ring is 1. The second-order valence-electron chi connectivity index (χ2n) is 7.42. The van der Waals surface area contributed by atoms with Gasteiger partial charge in [-0.3, -0.25) is 14.4 Å². The van der Waals surface area contributed by atoms with Gasteiger partial charge in [0.15, 0.2) is 0 Å². The van der Waals surface area contributed by atoms with Crippen LogP contribution in [0.3, 0.4) is 0 Å². The molecule has 0 unspecified atom stereocenters. The SMILES string of the molecule is COC(=O)CCc1c(C)nc(N)nc1N1CC(Cc2ccccc2F)(C(N)=O)C1.O=CO. The fourth-order valence-corrected chi connectivity index (χ4v) is 3.68. The molecule has 1 aromatic heterocycles. The van der Waals surface area contributed by atoms with Crippen molar-refractivity contribution in [1.82, 2.24) is 9.97 Å². The van der Waals surface area contributed by atoms with Crippen LogP contribution in [0.1, 0.15) is 23.2 Å². The average molecular weight is 447 g/mol. The Labute approximate surface area is 184 Å². The van der Waals surface area contributed by atoms with E-state index in [1.54, 1.807) is 25.1 Å². The van der Waals surface area contributed by atoms with Crippen LogP contribution in [0.15, 0.2) is 24.3 Å². The summed E-state index contributed by atoms with van der Waals surface area (Å²) >= 11 is 0. The van der Waals surface area contributed by atoms with Gasteiger partial charge >= 0.3 is 5.97 Å². The second kappa shape index (κ2) is 10.5. The highest BCUT2D eigenvalue weighted by molar-refractivity contribution is 5.85. The van der Waals surface area contributed by atoms with Crippen LogP contribution in [-0.2, 0) is 32.0 Å². The van der Waals surface area contributed by atoms with E-state index in [1.165, 1.54) is 13.2 Å². The lowest BCUT2D eigenvalue weighted by Gasteiger charge is -2.49. The highest BCUT2D eigenvalue weighted by atomic mass is 19.1. The van der Waals surface area contributed by atoms with Crippen LogP contribution in [0.5, 0.6) is 0 Å². The molecule has 1 aliphatic rings. The summed E-state index contributed by atoms with van der Waals surface area (Å²) in [5.74, 6) is -0.546. The minimum absolute atomic E-state index is 0.102. The summed E-state index contributed by atoms with van der Waals surface area (Å²) in [5.41, 5.74) is 12.4. The van der Waals surface area contributed by atoms with Crippen molar-refractivity contribution in [1.29, 1.82) is 0 Å². The van der Waals surface area contributed by atoms with Crippen molar-refractivity contribution in [3.05, 3.63) is 46.9 Å². The number of amides is 1. The zero-order valence-corrected chi connectivity index (χ0v) is 17.9. The van der Waals surface area contributed by atoms with Crippen molar-refractivity contribution in [2.24, 2.45) is 11.1 Å². The fraction of sp³-hybridized carbons (Fsp3) is 0.381. The van der Waals surface area contributed by atoms with Gasteiger partial charge < -0.3 is 26.2 Å². The van der Waals surface area contributed by atoms with Gasteiger partial charge in [-0.15, -0.1) is 0 Å². The van der Waals surface area contributed by atoms with E-state index in [-0.39, 0.29) is 50.1 Å². The summed E-state index contributed by atoms with van der Waals surface area (Å²) in [6, 6.07) is 6.34. The van der Waals surface area contributed by atoms with Crippen molar-refractivity contribution in [3.8, 4) is 0 Å². The molecule has 0 spiro atoms. The van der Waals surface area contributed by atoms with Gasteiger partial charge in [-0.2, -0.15) is 4.98 Å². The third kappa shape index (κ3) is 5.48. The van der Waals surface area contributed by atoms with Crippen LogP contribution in [-0.4, -0.2) is 53.6 Å². The minimum Gasteiger partial charge on any atom is -0.483 e. The summed E-state index contributed by atoms with van der Waals surface area (Å²) in [6.45, 7) is 2.09. The second-order valence-corrected chi connectivity index (χ2v) is 7.42. The molecule has 0 radical (unpaired) electrons. The van der Waals surface area contributed by atoms with Gasteiger partial charge in [0.05, 0.1) is 12.5 Å². The van der Waals surface area contributed by atoms with Gasteiger partial charge in [-0.05, 0) is 31.4 Å². The zero-order chi connectivity index (χ0) is 23.9. The number of primary amides is 1. The molecule has 10 nitrogen and oxygen atoms in total. The predicted octanol–water partition coefficient (Wildman–Crippen LogP) is 0.847. The molecular formula is C21H26FN5O5. The highest BCUT2D eigenvalue weighted by Crippen LogP contribution is 2.39. The molecule has 1 aromatic carbocycles. The maximum Gasteiger partial charge on any atom is 0.305 e. The number of benzene rings is 1. The van der Waals surface area contributed by atoms with Gasteiger partial charge in [0.1, 0.15) is 11.6 Å². The molecule has 0 atom stereocenters. The number of ether oxygens (including phenoxy) is 1. The summed E-state index contributed by atoms with van der Waals surface area (Å²) in [4.78, 5) is 42.5. The van der Waals surface area contributed by atoms with Crippen molar-refractivity contribution >= 4 is 30.1 Å². The van der Waals surface area contributed by atoms with Crippen molar-refractivity contribution in [2.45, 2.75) is 26.2 Å². The lowest BCUT2D eigenvalue weighted by molar-refractivity contribution is -0.140. The van der Waals surface area contributed by atoms with Crippen LogP contribution in [0.25, 0.3) is 0 Å². The lowest BCUT2D eigenvalue weighted by Crippen LogP contribution is -2.64. The number of aryl methyl sites for hydroxylation is 1. The van der Waals surface area contributed by atoms with E-state index in [0.29, 0.717) is 23.5 Å². The van der Waals surface area contributed by atoms with Gasteiger partial charge in [-0.1, -0.05) is 18.2 Å². The number of methoxy groups -OCH3 is 1. The number of carbonyl (C=O) groups excluding carboxylic acids is 2. The summed E-state index contributed by atoms with van der Waals surface area (Å²) < 4.78 is 18.8. The quantitative estimate of drug-likeness (QED) is 0.412. The Bertz CT molecular complexity index is 995. The number of hydrogen-bond acceptors (Lipinski definition) is 8. The van der Waals surface area contributed by atoms with E-state index in [4.69, 9.17) is 26.1 Å². The van der Waals surface area contributed by atoms with Crippen LogP contribution in [0, 0.1) is 18.2 Å². The maximum absolute atomic E-state index is 14.1. The molecule has 0 saturated carbocycles. The first kappa shape index (κ1) is 24.5. The van der Waals surface area contributed by atoms with E-state index >= 15 is 0 Å². The fourth-order valence-electron chi connectivity index (χ4n) is 3.68. The smallest absolute Gasteiger partial charge is 0.305 e. The zero-order valence-electron chi connectivity index (χ0n) is 17.9. The Kier molecular flexibility index (Phi) is 8.05. The Morgan fingerprint density at radius 2 is 1.94 bits per heavy atom. The number of nitrogens with zero attached hydrogens (tertiary/aromatic N) is 3. The molecule has 11 heteroatoms. The topological polar surface area (TPSA) is 162 Å². The number of esters is 1. The minimum atomic E-state index is -0.907. The average Bonchev–Trinajstić information content (AvgIpc) is 2.70. The maximum atomic E-state index is 14.1. The van der Waals surface area contributed by atoms with Crippen LogP contribution >= 0.6 is 0 Å². The molecular weight excluding hydrogens is 421 g/mol. The number of nitrogens with two attached hydrogens (primary N) is 2. The number of carbonyl (C=O) groups is 3. The van der Waals surface area contributed by atoms with Gasteiger partial charge in [0, 0.05) is 30.8 Å². The third-order valence-corrected chi connectivity index (χ3v) is 5.31. The Balaban J connectivity index is 0.00000114. The summed E-state index contributed by atoms with van der Waals surface area (Å²) in [5, 5.41) is 6.89. The summed E-state index contributed by atoms with van der Waals surface area (Å²) in [7, 11) is 1.33. The van der Waals surface area contributed by atoms with E-state index in [1.807, 2.05) is 4.90 Å². The number of carboxylic acid groups (broad SMARTS) is 1. The molecule has 172 valence electrons. The largest absolute Gasteiger partial charge is 0.483 e. The molecule has 2 aromatic rings. The number of aromatic nitrogens is 2. The third-order valence-electron chi connectivity index (χ3n) is 5.31. The van der Waals surface area contributed by atoms with Crippen LogP contribution in [0.2, 0.25) is 0 Å². The Morgan fingerprint density at radius 1 is 1.31 bits per heavy atom. The molecule has 0 bridgehead atoms. The Hall–Kier alpha value is -3.76. The van der Waals surface area contributed by atoms with Gasteiger partial charge in [-0.25, -0.2) is 9.37 Å². The van der Waals surface area contributed by atoms with E-state index in [0.717, 1.165) is 5.56 Å². The number of halogens is 1. The molecule has 1 fully saturated rings. The van der Waals surface area contributed by atoms with Gasteiger partial charge in [0.2, 0.25) is 11.9 Å². The predicted molar refractivity (Wildman–Crippen MR) is 114 cm³/mol. The molecule has 2 heterocycles. The Morgan fingerprint density at radius 3 is 2.50 bits per heavy atom. The molecule has 1 aliphatic heterocycles. The molecule has 32 heavy (non-hydrogen) atoms. The molecule has 1 amide bonds. The molecule has 1 saturated heterocycles. The first-order valence-electron chi connectivity index (χ1n) is 9.73. The first-order valence-corrected chi connectivity index (χ1v) is 9.73. The monoisotopic (exact) mass is 447 g/mol. The van der Waals surface area contributed by atoms with Crippen molar-refractivity contribution in [3.63, 3.8) is 0 Å². The molecule has 3 rings (SSSR count). The number of rotatable bonds is 7. The lowest BCUT2D eigenvalue weighted by atomic mass is 9.73. The molecule has 0 aliphatic carbocycles. The van der Waals surface area contributed by atoms with Crippen LogP contribution < -0.4 is 16.4 Å². The highest BCUT2D eigenvalue weighted by Gasteiger charge is 2.49. The number of hydrogen-bond donors (Lipinski definition) is 3. The van der Waals surface area contributed by atoms with Crippen LogP contribution in [0.4, 0.5) is 16.2 Å². The summed E-state index contributed by atoms with van der Waals surface area (Å²) in [6.07, 6.45) is 0.742. The van der Waals surface area contributed by atoms with Crippen molar-refractivity contribution < 1.29 is 28.6 Å². The van der Waals surface area contributed by atoms with E-state index < -0.39 is 11.3 Å². The first-order chi connectivity index (χ1) is 15.2. The van der Waals surface area contributed by atoms with Crippen molar-refractivity contribution in [2.75, 3.05) is 30.8 Å². The standard InChI is InChI=1S/C20H24FN5O3.CH2O2/c1-12-14(7-8-16(27)29-2)17(25-19(23)24-12)26-10-20(11-26,18(22)28)9-13-5-3-4-6-15(13)21;2-1-3/h3-6H,7-11H2,1-2H3,(H2,22,28)(H2,23,24,25);1H,(H,2,3). The van der Waals surface area contributed by atoms with E-state index in [2.05, 4.69) is 9.97 Å². The number of anilines is 2. The normalized spacial score (nSPS) is 13.9. The van der Waals surface area contributed by atoms with E-state index in [9.17, 15) is 14.0 Å². The van der Waals surface area contributed by atoms with Gasteiger partial charge in [0.25, 0.3) is 6.47 Å².